The number of carbonyl (C=O) groups is 1. The summed E-state index contributed by atoms with van der Waals surface area (Å²) in [6.45, 7) is 6.67. The molecule has 1 N–H and O–H groups in total. The van der Waals surface area contributed by atoms with E-state index >= 15 is 0 Å². The first kappa shape index (κ1) is 18.2. The largest absolute Gasteiger partial charge is 0.444 e. The van der Waals surface area contributed by atoms with Crippen molar-refractivity contribution < 1.29 is 13.6 Å². The SMILES string of the molecule is [2H]C([2H])([2H])n1cc(Br)cc(Nc2ccc(N3CCN(C(=O)OC(C)(C)C)C[C@@H]3C)cn2)c1=O. The fraction of sp³-hybridized carbons (Fsp3) is 0.476. The molecule has 0 bridgehead atoms. The predicted molar refractivity (Wildman–Crippen MR) is 122 cm³/mol. The van der Waals surface area contributed by atoms with Gasteiger partial charge in [-0.15, -0.1) is 0 Å². The van der Waals surface area contributed by atoms with Crippen LogP contribution in [0.4, 0.5) is 22.0 Å². The molecule has 3 heterocycles. The number of piperazine rings is 1. The van der Waals surface area contributed by atoms with Crippen LogP contribution in [0.25, 0.3) is 0 Å². The molecule has 0 aliphatic carbocycles. The van der Waals surface area contributed by atoms with Gasteiger partial charge in [0, 0.05) is 47.4 Å². The molecule has 30 heavy (non-hydrogen) atoms. The average molecular weight is 481 g/mol. The molecule has 1 aliphatic heterocycles. The number of rotatable bonds is 3. The molecule has 0 spiro atoms. The zero-order chi connectivity index (χ0) is 24.6. The average Bonchev–Trinajstić information content (AvgIpc) is 2.69. The highest BCUT2D eigenvalue weighted by Crippen LogP contribution is 2.23. The first-order chi connectivity index (χ1) is 15.2. The molecule has 8 nitrogen and oxygen atoms in total. The minimum Gasteiger partial charge on any atom is -0.444 e. The molecule has 2 aromatic rings. The fourth-order valence-corrected chi connectivity index (χ4v) is 3.67. The first-order valence-corrected chi connectivity index (χ1v) is 10.4. The van der Waals surface area contributed by atoms with Crippen molar-refractivity contribution >= 4 is 39.2 Å². The lowest BCUT2D eigenvalue weighted by molar-refractivity contribution is 0.0219. The van der Waals surface area contributed by atoms with Gasteiger partial charge in [-0.25, -0.2) is 9.78 Å². The number of hydrogen-bond donors (Lipinski definition) is 1. The summed E-state index contributed by atoms with van der Waals surface area (Å²) < 4.78 is 29.2. The smallest absolute Gasteiger partial charge is 0.410 e. The topological polar surface area (TPSA) is 79.7 Å². The highest BCUT2D eigenvalue weighted by molar-refractivity contribution is 9.10. The molecule has 0 saturated carbocycles. The maximum Gasteiger partial charge on any atom is 0.410 e. The third-order valence-corrected chi connectivity index (χ3v) is 5.04. The van der Waals surface area contributed by atoms with Crippen molar-refractivity contribution in [2.75, 3.05) is 29.9 Å². The van der Waals surface area contributed by atoms with Gasteiger partial charge in [0.1, 0.15) is 17.1 Å². The summed E-state index contributed by atoms with van der Waals surface area (Å²) in [5, 5.41) is 2.90. The summed E-state index contributed by atoms with van der Waals surface area (Å²) >= 11 is 3.24. The second-order valence-electron chi connectivity index (χ2n) is 8.24. The van der Waals surface area contributed by atoms with Gasteiger partial charge in [-0.05, 0) is 61.8 Å². The van der Waals surface area contributed by atoms with Gasteiger partial charge < -0.3 is 24.4 Å². The van der Waals surface area contributed by atoms with Crippen LogP contribution >= 0.6 is 15.9 Å². The number of pyridine rings is 2. The van der Waals surface area contributed by atoms with Gasteiger partial charge in [0.05, 0.1) is 11.9 Å². The fourth-order valence-electron chi connectivity index (χ4n) is 3.24. The number of aryl methyl sites for hydroxylation is 1. The third-order valence-electron chi connectivity index (χ3n) is 4.61. The molecule has 0 radical (unpaired) electrons. The van der Waals surface area contributed by atoms with Crippen LogP contribution < -0.4 is 15.8 Å². The van der Waals surface area contributed by atoms with E-state index in [1.54, 1.807) is 17.2 Å². The second kappa shape index (κ2) is 8.67. The van der Waals surface area contributed by atoms with E-state index in [0.717, 1.165) is 5.69 Å². The number of halogens is 1. The van der Waals surface area contributed by atoms with Crippen molar-refractivity contribution in [3.63, 3.8) is 0 Å². The Morgan fingerprint density at radius 2 is 2.13 bits per heavy atom. The maximum atomic E-state index is 12.5. The van der Waals surface area contributed by atoms with Crippen LogP contribution in [0.2, 0.25) is 0 Å². The van der Waals surface area contributed by atoms with Gasteiger partial charge in [0.25, 0.3) is 5.56 Å². The molecule has 1 amide bonds. The summed E-state index contributed by atoms with van der Waals surface area (Å²) in [5.74, 6) is 0.408. The lowest BCUT2D eigenvalue weighted by Crippen LogP contribution is -2.54. The van der Waals surface area contributed by atoms with Crippen LogP contribution in [-0.4, -0.2) is 51.8 Å². The molecule has 2 aromatic heterocycles. The van der Waals surface area contributed by atoms with Gasteiger partial charge in [-0.2, -0.15) is 0 Å². The van der Waals surface area contributed by atoms with Crippen molar-refractivity contribution in [1.29, 1.82) is 0 Å². The highest BCUT2D eigenvalue weighted by atomic mass is 79.9. The number of ether oxygens (including phenoxy) is 1. The molecule has 1 aliphatic rings. The van der Waals surface area contributed by atoms with Crippen LogP contribution in [0, 0.1) is 0 Å². The number of nitrogens with zero attached hydrogens (tertiary/aromatic N) is 4. The molecule has 1 saturated heterocycles. The van der Waals surface area contributed by atoms with E-state index in [0.29, 0.717) is 34.5 Å². The molecule has 1 fully saturated rings. The minimum atomic E-state index is -2.59. The number of amides is 1. The number of aromatic nitrogens is 2. The summed E-state index contributed by atoms with van der Waals surface area (Å²) in [6, 6.07) is 5.17. The van der Waals surface area contributed by atoms with E-state index in [9.17, 15) is 9.59 Å². The maximum absolute atomic E-state index is 12.5. The Labute approximate surface area is 189 Å². The summed E-state index contributed by atoms with van der Waals surface area (Å²) in [7, 11) is 0. The quantitative estimate of drug-likeness (QED) is 0.720. The van der Waals surface area contributed by atoms with Crippen LogP contribution in [0.15, 0.2) is 39.9 Å². The summed E-state index contributed by atoms with van der Waals surface area (Å²) in [4.78, 5) is 33.1. The second-order valence-corrected chi connectivity index (χ2v) is 9.16. The van der Waals surface area contributed by atoms with Gasteiger partial charge in [0.2, 0.25) is 0 Å². The van der Waals surface area contributed by atoms with Crippen LogP contribution in [-0.2, 0) is 11.7 Å². The van der Waals surface area contributed by atoms with E-state index < -0.39 is 18.1 Å². The van der Waals surface area contributed by atoms with Crippen LogP contribution in [0.1, 0.15) is 31.8 Å². The Bertz CT molecular complexity index is 1070. The monoisotopic (exact) mass is 480 g/mol. The Balaban J connectivity index is 1.70. The number of hydrogen-bond acceptors (Lipinski definition) is 6. The Kier molecular flexibility index (Phi) is 5.27. The molecule has 0 unspecified atom stereocenters. The van der Waals surface area contributed by atoms with Crippen molar-refractivity contribution in [2.24, 2.45) is 6.98 Å². The molecule has 9 heteroatoms. The van der Waals surface area contributed by atoms with E-state index in [1.165, 1.54) is 12.3 Å². The van der Waals surface area contributed by atoms with Crippen LogP contribution in [0.3, 0.4) is 0 Å². The highest BCUT2D eigenvalue weighted by Gasteiger charge is 2.30. The van der Waals surface area contributed by atoms with Crippen molar-refractivity contribution in [3.8, 4) is 0 Å². The molecular weight excluding hydrogens is 450 g/mol. The zero-order valence-corrected chi connectivity index (χ0v) is 19.1. The van der Waals surface area contributed by atoms with E-state index in [2.05, 4.69) is 31.1 Å². The van der Waals surface area contributed by atoms with Gasteiger partial charge in [0.15, 0.2) is 0 Å². The Morgan fingerprint density at radius 1 is 1.37 bits per heavy atom. The number of anilines is 3. The van der Waals surface area contributed by atoms with Crippen molar-refractivity contribution in [1.82, 2.24) is 14.5 Å². The van der Waals surface area contributed by atoms with Crippen molar-refractivity contribution in [2.45, 2.75) is 39.3 Å². The standard InChI is InChI=1S/C21H28BrN5O3/c1-14-12-26(20(29)30-21(2,3)4)8-9-27(14)16-6-7-18(23-11-16)24-17-10-15(22)13-25(5)19(17)28/h6-7,10-11,13-14H,8-9,12H2,1-5H3,(H,23,24)/t14-/m0/s1/i5D3. The summed E-state index contributed by atoms with van der Waals surface area (Å²) in [5.41, 5.74) is -0.229. The molecule has 1 atom stereocenters. The molecule has 3 rings (SSSR count). The lowest BCUT2D eigenvalue weighted by Gasteiger charge is -2.41. The Morgan fingerprint density at radius 3 is 2.73 bits per heavy atom. The summed E-state index contributed by atoms with van der Waals surface area (Å²) in [6.07, 6.45) is 2.60. The van der Waals surface area contributed by atoms with Gasteiger partial charge in [-0.1, -0.05) is 0 Å². The normalized spacial score (nSPS) is 19.0. The van der Waals surface area contributed by atoms with Gasteiger partial charge in [-0.3, -0.25) is 4.79 Å². The van der Waals surface area contributed by atoms with E-state index in [1.807, 2.05) is 33.8 Å². The van der Waals surface area contributed by atoms with Crippen molar-refractivity contribution in [3.05, 3.63) is 45.4 Å². The van der Waals surface area contributed by atoms with E-state index in [4.69, 9.17) is 8.85 Å². The first-order valence-electron chi connectivity index (χ1n) is 11.1. The zero-order valence-electron chi connectivity index (χ0n) is 20.5. The van der Waals surface area contributed by atoms with E-state index in [-0.39, 0.29) is 17.8 Å². The number of carbonyl (C=O) groups excluding carboxylic acids is 1. The predicted octanol–water partition coefficient (Wildman–Crippen LogP) is 3.73. The number of nitrogens with one attached hydrogen (secondary N) is 1. The molecular formula is C21H28BrN5O3. The lowest BCUT2D eigenvalue weighted by atomic mass is 10.1. The molecule has 162 valence electrons. The van der Waals surface area contributed by atoms with Gasteiger partial charge >= 0.3 is 6.09 Å². The third kappa shape index (κ3) is 5.33. The Hall–Kier alpha value is -2.55. The minimum absolute atomic E-state index is 0.0587. The van der Waals surface area contributed by atoms with Crippen LogP contribution in [0.5, 0.6) is 0 Å². The molecule has 0 aromatic carbocycles.